The smallest absolute Gasteiger partial charge is 0.321 e. The third-order valence-electron chi connectivity index (χ3n) is 3.26. The Morgan fingerprint density at radius 2 is 1.78 bits per heavy atom. The molecule has 1 saturated carbocycles. The van der Waals surface area contributed by atoms with Crippen molar-refractivity contribution in [1.29, 1.82) is 0 Å². The van der Waals surface area contributed by atoms with E-state index >= 15 is 0 Å². The average Bonchev–Trinajstić information content (AvgIpc) is 2.67. The minimum atomic E-state index is -1.18. The number of aliphatic carboxylic acids is 1. The Bertz CT molecular complexity index is 315. The van der Waals surface area contributed by atoms with Crippen LogP contribution < -0.4 is 5.73 Å². The van der Waals surface area contributed by atoms with Gasteiger partial charge in [-0.15, -0.1) is 0 Å². The highest BCUT2D eigenvalue weighted by atomic mass is 16.6. The van der Waals surface area contributed by atoms with Crippen LogP contribution in [0.2, 0.25) is 0 Å². The molecule has 0 aromatic rings. The lowest BCUT2D eigenvalue weighted by molar-refractivity contribution is -0.166. The third-order valence-corrected chi connectivity index (χ3v) is 3.26. The van der Waals surface area contributed by atoms with Crippen molar-refractivity contribution in [2.24, 2.45) is 17.6 Å². The molecule has 0 aromatic heterocycles. The van der Waals surface area contributed by atoms with E-state index in [9.17, 15) is 9.59 Å². The molecule has 5 heteroatoms. The standard InChI is InChI=1S/C13H23NO4/c1-13(2,3)18-12(17)9(10(14)11(15)16)8-6-4-5-7-8/h8-10H,4-7,14H2,1-3H3,(H,15,16)/t9?,10-/m1/s1. The Kier molecular flexibility index (Phi) is 4.73. The maximum Gasteiger partial charge on any atom is 0.321 e. The SMILES string of the molecule is CC(C)(C)OC(=O)C(C1CCCC1)[C@@H](N)C(=O)O. The molecule has 0 spiro atoms. The zero-order chi connectivity index (χ0) is 13.9. The van der Waals surface area contributed by atoms with E-state index in [-0.39, 0.29) is 5.92 Å². The van der Waals surface area contributed by atoms with Crippen molar-refractivity contribution in [2.75, 3.05) is 0 Å². The predicted molar refractivity (Wildman–Crippen MR) is 66.9 cm³/mol. The van der Waals surface area contributed by atoms with Crippen molar-refractivity contribution in [2.45, 2.75) is 58.1 Å². The van der Waals surface area contributed by atoms with Crippen LogP contribution in [0.1, 0.15) is 46.5 Å². The van der Waals surface area contributed by atoms with E-state index in [4.69, 9.17) is 15.6 Å². The largest absolute Gasteiger partial charge is 0.480 e. The Morgan fingerprint density at radius 1 is 1.28 bits per heavy atom. The van der Waals surface area contributed by atoms with E-state index in [1.807, 2.05) is 0 Å². The van der Waals surface area contributed by atoms with Crippen LogP contribution in [-0.2, 0) is 14.3 Å². The highest BCUT2D eigenvalue weighted by Crippen LogP contribution is 2.34. The molecule has 1 unspecified atom stereocenters. The Morgan fingerprint density at radius 3 is 2.17 bits per heavy atom. The number of hydrogen-bond acceptors (Lipinski definition) is 4. The summed E-state index contributed by atoms with van der Waals surface area (Å²) in [5.41, 5.74) is 5.04. The number of carbonyl (C=O) groups excluding carboxylic acids is 1. The summed E-state index contributed by atoms with van der Waals surface area (Å²) in [4.78, 5) is 23.2. The van der Waals surface area contributed by atoms with Gasteiger partial charge in [-0.1, -0.05) is 12.8 Å². The molecule has 0 amide bonds. The molecule has 1 fully saturated rings. The maximum atomic E-state index is 12.1. The van der Waals surface area contributed by atoms with Crippen LogP contribution in [0, 0.1) is 11.8 Å². The minimum Gasteiger partial charge on any atom is -0.480 e. The van der Waals surface area contributed by atoms with Gasteiger partial charge in [0.1, 0.15) is 11.6 Å². The van der Waals surface area contributed by atoms with Crippen LogP contribution in [0.3, 0.4) is 0 Å². The highest BCUT2D eigenvalue weighted by molar-refractivity contribution is 5.83. The molecule has 3 N–H and O–H groups in total. The molecule has 1 aliphatic carbocycles. The minimum absolute atomic E-state index is 0.0333. The molecule has 5 nitrogen and oxygen atoms in total. The highest BCUT2D eigenvalue weighted by Gasteiger charge is 2.40. The zero-order valence-electron chi connectivity index (χ0n) is 11.3. The third kappa shape index (κ3) is 3.98. The number of nitrogens with two attached hydrogens (primary N) is 1. The molecule has 0 aromatic carbocycles. The van der Waals surface area contributed by atoms with E-state index in [0.717, 1.165) is 25.7 Å². The first kappa shape index (κ1) is 15.0. The number of rotatable bonds is 4. The van der Waals surface area contributed by atoms with Crippen LogP contribution in [0.15, 0.2) is 0 Å². The van der Waals surface area contributed by atoms with Crippen LogP contribution in [0.4, 0.5) is 0 Å². The van der Waals surface area contributed by atoms with Crippen molar-refractivity contribution in [3.63, 3.8) is 0 Å². The van der Waals surface area contributed by atoms with Gasteiger partial charge in [-0.25, -0.2) is 0 Å². The molecule has 104 valence electrons. The second-order valence-corrected chi connectivity index (χ2v) is 5.97. The van der Waals surface area contributed by atoms with E-state index in [1.54, 1.807) is 20.8 Å². The summed E-state index contributed by atoms with van der Waals surface area (Å²) in [6, 6.07) is -1.18. The van der Waals surface area contributed by atoms with Gasteiger partial charge in [0.25, 0.3) is 0 Å². The van der Waals surface area contributed by atoms with Crippen molar-refractivity contribution in [3.8, 4) is 0 Å². The molecule has 18 heavy (non-hydrogen) atoms. The molecule has 2 atom stereocenters. The van der Waals surface area contributed by atoms with Gasteiger partial charge in [-0.05, 0) is 39.5 Å². The van der Waals surface area contributed by atoms with Crippen molar-refractivity contribution >= 4 is 11.9 Å². The Labute approximate surface area is 108 Å². The van der Waals surface area contributed by atoms with Gasteiger partial charge in [0.15, 0.2) is 0 Å². The van der Waals surface area contributed by atoms with Gasteiger partial charge in [-0.2, -0.15) is 0 Å². The van der Waals surface area contributed by atoms with E-state index in [0.29, 0.717) is 0 Å². The molecular weight excluding hydrogens is 234 g/mol. The first-order valence-electron chi connectivity index (χ1n) is 6.43. The molecule has 0 aliphatic heterocycles. The predicted octanol–water partition coefficient (Wildman–Crippen LogP) is 1.55. The van der Waals surface area contributed by atoms with Gasteiger partial charge in [0.2, 0.25) is 0 Å². The topological polar surface area (TPSA) is 89.6 Å². The fourth-order valence-electron chi connectivity index (χ4n) is 2.47. The van der Waals surface area contributed by atoms with Crippen molar-refractivity contribution < 1.29 is 19.4 Å². The second-order valence-electron chi connectivity index (χ2n) is 5.97. The number of carboxylic acids is 1. The van der Waals surface area contributed by atoms with Gasteiger partial charge in [0, 0.05) is 0 Å². The van der Waals surface area contributed by atoms with E-state index in [1.165, 1.54) is 0 Å². The summed E-state index contributed by atoms with van der Waals surface area (Å²) in [6.45, 7) is 5.30. The Balaban J connectivity index is 2.82. The lowest BCUT2D eigenvalue weighted by atomic mass is 9.85. The molecule has 1 aliphatic rings. The maximum absolute atomic E-state index is 12.1. The lowest BCUT2D eigenvalue weighted by Gasteiger charge is -2.29. The van der Waals surface area contributed by atoms with Gasteiger partial charge >= 0.3 is 11.9 Å². The summed E-state index contributed by atoms with van der Waals surface area (Å²) in [5, 5.41) is 9.03. The van der Waals surface area contributed by atoms with Gasteiger partial charge in [0.05, 0.1) is 5.92 Å². The summed E-state index contributed by atoms with van der Waals surface area (Å²) < 4.78 is 5.30. The number of carboxylic acid groups (broad SMARTS) is 1. The number of ether oxygens (including phenoxy) is 1. The van der Waals surface area contributed by atoms with Crippen molar-refractivity contribution in [1.82, 2.24) is 0 Å². The Hall–Kier alpha value is -1.10. The summed E-state index contributed by atoms with van der Waals surface area (Å²) in [7, 11) is 0. The van der Waals surface area contributed by atoms with E-state index < -0.39 is 29.5 Å². The monoisotopic (exact) mass is 257 g/mol. The first-order chi connectivity index (χ1) is 8.22. The van der Waals surface area contributed by atoms with E-state index in [2.05, 4.69) is 0 Å². The lowest BCUT2D eigenvalue weighted by Crippen LogP contribution is -2.47. The molecule has 0 saturated heterocycles. The van der Waals surface area contributed by atoms with Crippen LogP contribution in [0.5, 0.6) is 0 Å². The number of esters is 1. The molecule has 0 bridgehead atoms. The quantitative estimate of drug-likeness (QED) is 0.746. The number of hydrogen-bond donors (Lipinski definition) is 2. The van der Waals surface area contributed by atoms with Crippen LogP contribution >= 0.6 is 0 Å². The van der Waals surface area contributed by atoms with Crippen LogP contribution in [0.25, 0.3) is 0 Å². The molecule has 1 rings (SSSR count). The average molecular weight is 257 g/mol. The molecular formula is C13H23NO4. The first-order valence-corrected chi connectivity index (χ1v) is 6.43. The number of carbonyl (C=O) groups is 2. The molecule has 0 heterocycles. The fraction of sp³-hybridized carbons (Fsp3) is 0.846. The summed E-state index contributed by atoms with van der Waals surface area (Å²) in [5.74, 6) is -2.32. The second kappa shape index (κ2) is 5.69. The summed E-state index contributed by atoms with van der Waals surface area (Å²) in [6.07, 6.45) is 3.75. The summed E-state index contributed by atoms with van der Waals surface area (Å²) >= 11 is 0. The zero-order valence-corrected chi connectivity index (χ0v) is 11.3. The molecule has 0 radical (unpaired) electrons. The fourth-order valence-corrected chi connectivity index (χ4v) is 2.47. The normalized spacial score (nSPS) is 20.4. The van der Waals surface area contributed by atoms with Crippen LogP contribution in [-0.4, -0.2) is 28.7 Å². The van der Waals surface area contributed by atoms with Gasteiger partial charge in [-0.3, -0.25) is 9.59 Å². The van der Waals surface area contributed by atoms with Crippen molar-refractivity contribution in [3.05, 3.63) is 0 Å². The van der Waals surface area contributed by atoms with Gasteiger partial charge < -0.3 is 15.6 Å².